The van der Waals surface area contributed by atoms with Gasteiger partial charge in [0.05, 0.1) is 11.3 Å². The molecule has 1 N–H and O–H groups in total. The minimum atomic E-state index is -0.478. The molecule has 4 nitrogen and oxygen atoms in total. The van der Waals surface area contributed by atoms with Crippen molar-refractivity contribution in [1.82, 2.24) is 9.97 Å². The van der Waals surface area contributed by atoms with Crippen molar-refractivity contribution in [2.24, 2.45) is 0 Å². The second-order valence-electron chi connectivity index (χ2n) is 3.45. The predicted octanol–water partition coefficient (Wildman–Crippen LogP) is 2.18. The maximum absolute atomic E-state index is 13.3. The lowest BCUT2D eigenvalue weighted by Gasteiger charge is -2.05. The van der Waals surface area contributed by atoms with Crippen LogP contribution in [-0.4, -0.2) is 15.9 Å². The number of nitrogens with one attached hydrogen (secondary N) is 1. The number of para-hydroxylation sites is 1. The number of rotatable bonds is 2. The fraction of sp³-hybridized carbons (Fsp3) is 0.0833. The number of anilines is 1. The molecule has 0 aliphatic heterocycles. The van der Waals surface area contributed by atoms with Gasteiger partial charge in [-0.05, 0) is 19.1 Å². The third-order valence-electron chi connectivity index (χ3n) is 2.17. The summed E-state index contributed by atoms with van der Waals surface area (Å²) in [4.78, 5) is 19.5. The molecule has 2 rings (SSSR count). The first-order chi connectivity index (χ1) is 8.16. The van der Waals surface area contributed by atoms with Crippen molar-refractivity contribution in [1.29, 1.82) is 0 Å². The number of benzene rings is 1. The van der Waals surface area contributed by atoms with E-state index in [1.165, 1.54) is 24.5 Å². The van der Waals surface area contributed by atoms with Crippen LogP contribution in [0.3, 0.4) is 0 Å². The van der Waals surface area contributed by atoms with E-state index in [2.05, 4.69) is 15.3 Å². The molecule has 0 unspecified atom stereocenters. The number of hydrogen-bond donors (Lipinski definition) is 1. The van der Waals surface area contributed by atoms with Gasteiger partial charge in [-0.2, -0.15) is 0 Å². The summed E-state index contributed by atoms with van der Waals surface area (Å²) < 4.78 is 13.3. The average Bonchev–Trinajstić information content (AvgIpc) is 2.33. The van der Waals surface area contributed by atoms with E-state index in [1.807, 2.05) is 0 Å². The Bertz CT molecular complexity index is 540. The Balaban J connectivity index is 2.17. The second kappa shape index (κ2) is 4.69. The highest BCUT2D eigenvalue weighted by molar-refractivity contribution is 6.03. The third-order valence-corrected chi connectivity index (χ3v) is 2.17. The molecule has 0 spiro atoms. The van der Waals surface area contributed by atoms with E-state index in [1.54, 1.807) is 19.1 Å². The highest BCUT2D eigenvalue weighted by Gasteiger charge is 2.09. The minimum absolute atomic E-state index is 0.137. The summed E-state index contributed by atoms with van der Waals surface area (Å²) in [5, 5.41) is 2.45. The molecule has 86 valence electrons. The number of nitrogens with zero attached hydrogens (tertiary/aromatic N) is 2. The molecular formula is C12H10FN3O. The Labute approximate surface area is 97.5 Å². The number of halogens is 1. The van der Waals surface area contributed by atoms with E-state index in [9.17, 15) is 9.18 Å². The summed E-state index contributed by atoms with van der Waals surface area (Å²) in [5.74, 6) is -0.337. The van der Waals surface area contributed by atoms with Gasteiger partial charge >= 0.3 is 0 Å². The maximum atomic E-state index is 13.3. The molecule has 1 amide bonds. The van der Waals surface area contributed by atoms with Crippen LogP contribution in [0.25, 0.3) is 0 Å². The maximum Gasteiger partial charge on any atom is 0.258 e. The van der Waals surface area contributed by atoms with Gasteiger partial charge in [-0.1, -0.05) is 12.1 Å². The number of hydrogen-bond acceptors (Lipinski definition) is 3. The van der Waals surface area contributed by atoms with Crippen LogP contribution < -0.4 is 5.32 Å². The number of aryl methyl sites for hydroxylation is 1. The predicted molar refractivity (Wildman–Crippen MR) is 61.1 cm³/mol. The molecular weight excluding hydrogens is 221 g/mol. The Morgan fingerprint density at radius 3 is 2.53 bits per heavy atom. The molecule has 0 radical (unpaired) electrons. The van der Waals surface area contributed by atoms with Crippen LogP contribution in [0.15, 0.2) is 36.7 Å². The van der Waals surface area contributed by atoms with Gasteiger partial charge < -0.3 is 5.32 Å². The van der Waals surface area contributed by atoms with Gasteiger partial charge in [0.25, 0.3) is 5.91 Å². The SMILES string of the molecule is Cc1ncc(C(=O)Nc2ccccc2F)cn1. The van der Waals surface area contributed by atoms with E-state index in [-0.39, 0.29) is 5.69 Å². The molecule has 0 atom stereocenters. The van der Waals surface area contributed by atoms with Gasteiger partial charge in [0.2, 0.25) is 0 Å². The van der Waals surface area contributed by atoms with Crippen LogP contribution in [0.4, 0.5) is 10.1 Å². The van der Waals surface area contributed by atoms with Crippen LogP contribution in [0.5, 0.6) is 0 Å². The van der Waals surface area contributed by atoms with Crippen molar-refractivity contribution in [3.8, 4) is 0 Å². The highest BCUT2D eigenvalue weighted by atomic mass is 19.1. The molecule has 0 aliphatic carbocycles. The van der Waals surface area contributed by atoms with Gasteiger partial charge in [0.1, 0.15) is 11.6 Å². The van der Waals surface area contributed by atoms with Gasteiger partial charge in [-0.3, -0.25) is 4.79 Å². The molecule has 5 heteroatoms. The van der Waals surface area contributed by atoms with Crippen molar-refractivity contribution in [3.63, 3.8) is 0 Å². The monoisotopic (exact) mass is 231 g/mol. The van der Waals surface area contributed by atoms with E-state index < -0.39 is 11.7 Å². The van der Waals surface area contributed by atoms with E-state index in [4.69, 9.17) is 0 Å². The van der Waals surface area contributed by atoms with Crippen molar-refractivity contribution < 1.29 is 9.18 Å². The molecule has 2 aromatic rings. The van der Waals surface area contributed by atoms with Gasteiger partial charge in [0.15, 0.2) is 0 Å². The molecule has 1 aromatic carbocycles. The number of carbonyl (C=O) groups excluding carboxylic acids is 1. The molecule has 0 saturated carbocycles. The molecule has 0 bridgehead atoms. The van der Waals surface area contributed by atoms with Crippen LogP contribution >= 0.6 is 0 Å². The van der Waals surface area contributed by atoms with Crippen molar-refractivity contribution in [3.05, 3.63) is 53.9 Å². The van der Waals surface area contributed by atoms with Crippen LogP contribution in [0.1, 0.15) is 16.2 Å². The fourth-order valence-corrected chi connectivity index (χ4v) is 1.27. The number of amides is 1. The molecule has 0 aliphatic rings. The van der Waals surface area contributed by atoms with Gasteiger partial charge in [-0.15, -0.1) is 0 Å². The van der Waals surface area contributed by atoms with Gasteiger partial charge in [-0.25, -0.2) is 14.4 Å². The largest absolute Gasteiger partial charge is 0.319 e. The van der Waals surface area contributed by atoms with E-state index in [0.29, 0.717) is 11.4 Å². The molecule has 17 heavy (non-hydrogen) atoms. The minimum Gasteiger partial charge on any atom is -0.319 e. The molecule has 1 heterocycles. The van der Waals surface area contributed by atoms with Crippen LogP contribution in [-0.2, 0) is 0 Å². The smallest absolute Gasteiger partial charge is 0.258 e. The standard InChI is InChI=1S/C12H10FN3O/c1-8-14-6-9(7-15-8)12(17)16-11-5-3-2-4-10(11)13/h2-7H,1H3,(H,16,17). The van der Waals surface area contributed by atoms with E-state index in [0.717, 1.165) is 0 Å². The number of aromatic nitrogens is 2. The summed E-state index contributed by atoms with van der Waals surface area (Å²) >= 11 is 0. The number of carbonyl (C=O) groups is 1. The lowest BCUT2D eigenvalue weighted by atomic mass is 10.2. The van der Waals surface area contributed by atoms with Gasteiger partial charge in [0, 0.05) is 12.4 Å². The zero-order chi connectivity index (χ0) is 12.3. The van der Waals surface area contributed by atoms with Crippen LogP contribution in [0.2, 0.25) is 0 Å². The first kappa shape index (κ1) is 11.2. The van der Waals surface area contributed by atoms with Crippen molar-refractivity contribution in [2.45, 2.75) is 6.92 Å². The lowest BCUT2D eigenvalue weighted by Crippen LogP contribution is -2.13. The van der Waals surface area contributed by atoms with E-state index >= 15 is 0 Å². The highest BCUT2D eigenvalue weighted by Crippen LogP contribution is 2.13. The summed E-state index contributed by atoms with van der Waals surface area (Å²) in [6.45, 7) is 1.72. The molecule has 0 fully saturated rings. The summed E-state index contributed by atoms with van der Waals surface area (Å²) in [6, 6.07) is 5.97. The fourth-order valence-electron chi connectivity index (χ4n) is 1.27. The Kier molecular flexibility index (Phi) is 3.09. The first-order valence-electron chi connectivity index (χ1n) is 5.01. The molecule has 0 saturated heterocycles. The lowest BCUT2D eigenvalue weighted by molar-refractivity contribution is 0.102. The molecule has 1 aromatic heterocycles. The third kappa shape index (κ3) is 2.63. The zero-order valence-corrected chi connectivity index (χ0v) is 9.14. The second-order valence-corrected chi connectivity index (χ2v) is 3.45. The Hall–Kier alpha value is -2.30. The van der Waals surface area contributed by atoms with Crippen molar-refractivity contribution >= 4 is 11.6 Å². The Morgan fingerprint density at radius 2 is 1.88 bits per heavy atom. The zero-order valence-electron chi connectivity index (χ0n) is 9.14. The summed E-state index contributed by atoms with van der Waals surface area (Å²) in [6.07, 6.45) is 2.80. The van der Waals surface area contributed by atoms with Crippen molar-refractivity contribution in [2.75, 3.05) is 5.32 Å². The topological polar surface area (TPSA) is 54.9 Å². The first-order valence-corrected chi connectivity index (χ1v) is 5.01. The average molecular weight is 231 g/mol. The summed E-state index contributed by atoms with van der Waals surface area (Å²) in [5.41, 5.74) is 0.428. The Morgan fingerprint density at radius 1 is 1.24 bits per heavy atom. The summed E-state index contributed by atoms with van der Waals surface area (Å²) in [7, 11) is 0. The van der Waals surface area contributed by atoms with Crippen LogP contribution in [0, 0.1) is 12.7 Å². The normalized spacial score (nSPS) is 10.0. The quantitative estimate of drug-likeness (QED) is 0.861.